The minimum atomic E-state index is -0.823. The van der Waals surface area contributed by atoms with Gasteiger partial charge in [0.2, 0.25) is 5.91 Å². The molecule has 1 atom stereocenters. The number of ether oxygens (including phenoxy) is 1. The fourth-order valence-electron chi connectivity index (χ4n) is 4.84. The van der Waals surface area contributed by atoms with Crippen molar-refractivity contribution in [2.24, 2.45) is 0 Å². The second kappa shape index (κ2) is 8.47. The van der Waals surface area contributed by atoms with Gasteiger partial charge in [-0.05, 0) is 37.1 Å². The number of halogens is 2. The summed E-state index contributed by atoms with van der Waals surface area (Å²) in [6.07, 6.45) is 2.12. The minimum absolute atomic E-state index is 0.0382. The Morgan fingerprint density at radius 1 is 1.26 bits per heavy atom. The zero-order chi connectivity index (χ0) is 24.1. The lowest BCUT2D eigenvalue weighted by atomic mass is 9.93. The predicted molar refractivity (Wildman–Crippen MR) is 122 cm³/mol. The van der Waals surface area contributed by atoms with Crippen LogP contribution in [-0.4, -0.2) is 70.4 Å². The van der Waals surface area contributed by atoms with Crippen LogP contribution in [0.4, 0.5) is 8.78 Å². The number of hydrogen-bond acceptors (Lipinski definition) is 4. The van der Waals surface area contributed by atoms with E-state index in [1.807, 2.05) is 29.7 Å². The van der Waals surface area contributed by atoms with E-state index in [1.54, 1.807) is 11.9 Å². The number of aryl methyl sites for hydroxylation is 1. The first-order valence-corrected chi connectivity index (χ1v) is 11.4. The molecule has 0 radical (unpaired) electrons. The number of carbonyl (C=O) groups excluding carboxylic acids is 2. The Morgan fingerprint density at radius 3 is 2.82 bits per heavy atom. The number of nitrogens with zero attached hydrogens (tertiary/aromatic N) is 4. The van der Waals surface area contributed by atoms with Crippen LogP contribution in [0.1, 0.15) is 34.1 Å². The zero-order valence-electron chi connectivity index (χ0n) is 19.4. The third-order valence-electron chi connectivity index (χ3n) is 6.72. The Hall–Kier alpha value is -3.33. The van der Waals surface area contributed by atoms with E-state index >= 15 is 8.78 Å². The van der Waals surface area contributed by atoms with Gasteiger partial charge in [-0.15, -0.1) is 0 Å². The quantitative estimate of drug-likeness (QED) is 0.593. The zero-order valence-corrected chi connectivity index (χ0v) is 19.4. The monoisotopic (exact) mass is 468 g/mol. The highest BCUT2D eigenvalue weighted by Gasteiger charge is 2.32. The highest BCUT2D eigenvalue weighted by molar-refractivity contribution is 5.97. The maximum Gasteiger partial charge on any atom is 0.254 e. The molecule has 3 aromatic rings. The van der Waals surface area contributed by atoms with Crippen molar-refractivity contribution >= 4 is 17.5 Å². The maximum atomic E-state index is 15.8. The SMILES string of the molecule is CC(=O)N1CCO[C@@H](Cc2c(-c3c(F)cc4c(c3F)CCN(C)C4=O)nc3cc(C)ccn23)C1. The molecular formula is C25H26F2N4O3. The summed E-state index contributed by atoms with van der Waals surface area (Å²) in [6, 6.07) is 4.88. The first kappa shape index (κ1) is 22.5. The molecule has 1 fully saturated rings. The van der Waals surface area contributed by atoms with Crippen LogP contribution < -0.4 is 0 Å². The molecule has 1 saturated heterocycles. The van der Waals surface area contributed by atoms with Gasteiger partial charge in [0.25, 0.3) is 5.91 Å². The lowest BCUT2D eigenvalue weighted by molar-refractivity contribution is -0.136. The molecule has 2 amide bonds. The molecule has 7 nitrogen and oxygen atoms in total. The maximum absolute atomic E-state index is 15.8. The van der Waals surface area contributed by atoms with Gasteiger partial charge in [0.15, 0.2) is 0 Å². The number of rotatable bonds is 3. The van der Waals surface area contributed by atoms with Gasteiger partial charge in [-0.3, -0.25) is 9.59 Å². The molecule has 9 heteroatoms. The molecular weight excluding hydrogens is 442 g/mol. The number of morpholine rings is 1. The van der Waals surface area contributed by atoms with Gasteiger partial charge in [0.05, 0.1) is 29.7 Å². The molecule has 0 aliphatic carbocycles. The van der Waals surface area contributed by atoms with E-state index in [0.717, 1.165) is 11.6 Å². The van der Waals surface area contributed by atoms with Crippen molar-refractivity contribution in [2.75, 3.05) is 33.3 Å². The highest BCUT2D eigenvalue weighted by Crippen LogP contribution is 2.35. The minimum Gasteiger partial charge on any atom is -0.374 e. The lowest BCUT2D eigenvalue weighted by Gasteiger charge is -2.32. The fourth-order valence-corrected chi connectivity index (χ4v) is 4.84. The Kier molecular flexibility index (Phi) is 5.59. The summed E-state index contributed by atoms with van der Waals surface area (Å²) in [7, 11) is 1.62. The number of benzene rings is 1. The number of aromatic nitrogens is 2. The largest absolute Gasteiger partial charge is 0.374 e. The van der Waals surface area contributed by atoms with Crippen molar-refractivity contribution in [3.63, 3.8) is 0 Å². The summed E-state index contributed by atoms with van der Waals surface area (Å²) in [5, 5.41) is 0. The smallest absolute Gasteiger partial charge is 0.254 e. The number of carbonyl (C=O) groups is 2. The molecule has 0 saturated carbocycles. The van der Waals surface area contributed by atoms with Crippen LogP contribution in [0.2, 0.25) is 0 Å². The molecule has 5 rings (SSSR count). The third-order valence-corrected chi connectivity index (χ3v) is 6.72. The van der Waals surface area contributed by atoms with Crippen molar-refractivity contribution in [1.29, 1.82) is 0 Å². The van der Waals surface area contributed by atoms with Gasteiger partial charge in [0.1, 0.15) is 17.3 Å². The Bertz CT molecular complexity index is 1320. The first-order valence-electron chi connectivity index (χ1n) is 11.4. The number of pyridine rings is 1. The van der Waals surface area contributed by atoms with Gasteiger partial charge in [-0.25, -0.2) is 13.8 Å². The van der Waals surface area contributed by atoms with Crippen molar-refractivity contribution in [2.45, 2.75) is 32.8 Å². The van der Waals surface area contributed by atoms with Gasteiger partial charge < -0.3 is 18.9 Å². The second-order valence-corrected chi connectivity index (χ2v) is 9.05. The van der Waals surface area contributed by atoms with Gasteiger partial charge in [0, 0.05) is 57.4 Å². The Labute approximate surface area is 195 Å². The number of hydrogen-bond donors (Lipinski definition) is 0. The standard InChI is InChI=1S/C25H26F2N4O3/c1-14-4-7-31-20(11-16-13-30(15(2)32)8-9-34-16)24(28-21(31)10-14)22-19(26)12-18-17(23(22)27)5-6-29(3)25(18)33/h4,7,10,12,16H,5-6,8-9,11,13H2,1-3H3/t16-/m0/s1. The van der Waals surface area contributed by atoms with E-state index in [9.17, 15) is 9.59 Å². The van der Waals surface area contributed by atoms with Crippen molar-refractivity contribution in [3.05, 3.63) is 58.4 Å². The van der Waals surface area contributed by atoms with E-state index in [1.165, 1.54) is 11.8 Å². The van der Waals surface area contributed by atoms with Crippen molar-refractivity contribution < 1.29 is 23.1 Å². The highest BCUT2D eigenvalue weighted by atomic mass is 19.1. The molecule has 34 heavy (non-hydrogen) atoms. The normalized spacial score (nSPS) is 18.5. The summed E-state index contributed by atoms with van der Waals surface area (Å²) >= 11 is 0. The molecule has 0 unspecified atom stereocenters. The van der Waals surface area contributed by atoms with E-state index < -0.39 is 17.5 Å². The average Bonchev–Trinajstić information content (AvgIpc) is 3.13. The van der Waals surface area contributed by atoms with Crippen LogP contribution in [-0.2, 0) is 22.4 Å². The van der Waals surface area contributed by atoms with Crippen LogP contribution in [0.3, 0.4) is 0 Å². The first-order chi connectivity index (χ1) is 16.2. The second-order valence-electron chi connectivity index (χ2n) is 9.05. The van der Waals surface area contributed by atoms with E-state index in [0.29, 0.717) is 50.4 Å². The van der Waals surface area contributed by atoms with E-state index in [4.69, 9.17) is 4.74 Å². The molecule has 2 aliphatic rings. The Morgan fingerprint density at radius 2 is 2.06 bits per heavy atom. The van der Waals surface area contributed by atoms with Gasteiger partial charge in [-0.2, -0.15) is 0 Å². The van der Waals surface area contributed by atoms with Gasteiger partial charge in [-0.1, -0.05) is 0 Å². The molecule has 2 aliphatic heterocycles. The van der Waals surface area contributed by atoms with Crippen molar-refractivity contribution in [1.82, 2.24) is 19.2 Å². The van der Waals surface area contributed by atoms with Crippen LogP contribution in [0.5, 0.6) is 0 Å². The van der Waals surface area contributed by atoms with Crippen molar-refractivity contribution in [3.8, 4) is 11.3 Å². The molecule has 0 N–H and O–H groups in total. The molecule has 2 aromatic heterocycles. The predicted octanol–water partition coefficient (Wildman–Crippen LogP) is 3.01. The third kappa shape index (κ3) is 3.73. The summed E-state index contributed by atoms with van der Waals surface area (Å²) in [5.41, 5.74) is 2.37. The molecule has 1 aromatic carbocycles. The van der Waals surface area contributed by atoms with E-state index in [-0.39, 0.29) is 34.4 Å². The summed E-state index contributed by atoms with van der Waals surface area (Å²) in [5.74, 6) is -2.00. The number of amides is 2. The van der Waals surface area contributed by atoms with Crippen LogP contribution in [0.15, 0.2) is 24.4 Å². The summed E-state index contributed by atoms with van der Waals surface area (Å²) in [6.45, 7) is 5.10. The van der Waals surface area contributed by atoms with Crippen LogP contribution in [0.25, 0.3) is 16.9 Å². The molecule has 4 heterocycles. The molecule has 0 spiro atoms. The fraction of sp³-hybridized carbons (Fsp3) is 0.400. The molecule has 178 valence electrons. The summed E-state index contributed by atoms with van der Waals surface area (Å²) < 4.78 is 38.9. The van der Waals surface area contributed by atoms with Crippen LogP contribution in [0, 0.1) is 18.6 Å². The molecule has 0 bridgehead atoms. The Balaban J connectivity index is 1.65. The number of likely N-dealkylation sites (N-methyl/N-ethyl adjacent to an activating group) is 1. The van der Waals surface area contributed by atoms with E-state index in [2.05, 4.69) is 4.98 Å². The summed E-state index contributed by atoms with van der Waals surface area (Å²) in [4.78, 5) is 32.2. The number of imidazole rings is 1. The number of fused-ring (bicyclic) bond motifs is 2. The topological polar surface area (TPSA) is 67.2 Å². The average molecular weight is 469 g/mol. The lowest BCUT2D eigenvalue weighted by Crippen LogP contribution is -2.45. The van der Waals surface area contributed by atoms with Crippen LogP contribution >= 0.6 is 0 Å². The van der Waals surface area contributed by atoms with Gasteiger partial charge >= 0.3 is 0 Å².